The van der Waals surface area contributed by atoms with Crippen LogP contribution in [0.1, 0.15) is 40.4 Å². The lowest BCUT2D eigenvalue weighted by Crippen LogP contribution is -2.58. The summed E-state index contributed by atoms with van der Waals surface area (Å²) in [6.07, 6.45) is 2.60. The zero-order valence-electron chi connectivity index (χ0n) is 30.0. The molecule has 0 aliphatic carbocycles. The molecule has 4 aromatic carbocycles. The Balaban J connectivity index is 1.27. The van der Waals surface area contributed by atoms with Crippen molar-refractivity contribution in [2.75, 3.05) is 49.6 Å². The first-order valence-corrected chi connectivity index (χ1v) is 18.6. The number of nitrogens with zero attached hydrogens (tertiary/aromatic N) is 5. The minimum Gasteiger partial charge on any atom is -0.491 e. The van der Waals surface area contributed by atoms with E-state index in [0.717, 1.165) is 11.1 Å². The first kappa shape index (κ1) is 34.6. The van der Waals surface area contributed by atoms with Crippen LogP contribution >= 0.6 is 0 Å². The Morgan fingerprint density at radius 1 is 0.800 bits per heavy atom. The fraction of sp³-hybridized carbons (Fsp3) is 0.279. The van der Waals surface area contributed by atoms with E-state index in [1.165, 1.54) is 0 Å². The predicted molar refractivity (Wildman–Crippen MR) is 203 cm³/mol. The van der Waals surface area contributed by atoms with Crippen LogP contribution in [0, 0.1) is 5.92 Å². The Hall–Kier alpha value is -6.11. The van der Waals surface area contributed by atoms with E-state index in [9.17, 15) is 5.11 Å². The molecular formula is C43H40N6O6. The Morgan fingerprint density at radius 3 is 2.18 bits per heavy atom. The van der Waals surface area contributed by atoms with Crippen LogP contribution in [0.2, 0.25) is 0 Å². The minimum absolute atomic E-state index is 0.0114. The molecule has 6 atom stereocenters. The number of carbonyl (C=O) groups is 3. The molecule has 278 valence electrons. The number of anilines is 2. The van der Waals surface area contributed by atoms with Gasteiger partial charge >= 0.3 is 5.97 Å². The molecule has 2 amide bonds. The second kappa shape index (κ2) is 14.3. The van der Waals surface area contributed by atoms with Gasteiger partial charge in [0.05, 0.1) is 24.6 Å². The number of ether oxygens (including phenoxy) is 2. The van der Waals surface area contributed by atoms with Gasteiger partial charge in [0, 0.05) is 49.8 Å². The smallest absolute Gasteiger partial charge is 0.324 e. The second-order valence-corrected chi connectivity index (χ2v) is 14.2. The lowest BCUT2D eigenvalue weighted by Gasteiger charge is -2.46. The Bertz CT molecular complexity index is 2200. The number of hydrogen-bond acceptors (Lipinski definition) is 10. The number of amides is 2. The number of carbonyl (C=O) groups excluding carboxylic acids is 3. The number of rotatable bonds is 8. The number of nitrogens with one attached hydrogen (secondary N) is 1. The molecule has 3 fully saturated rings. The number of aliphatic hydroxyl groups is 1. The van der Waals surface area contributed by atoms with E-state index in [0.29, 0.717) is 54.7 Å². The van der Waals surface area contributed by atoms with Gasteiger partial charge in [-0.1, -0.05) is 97.1 Å². The number of hydrogen-bond donors (Lipinski definition) is 2. The molecule has 1 aromatic heterocycles. The van der Waals surface area contributed by atoms with Crippen molar-refractivity contribution in [2.24, 2.45) is 5.92 Å². The van der Waals surface area contributed by atoms with E-state index in [4.69, 9.17) is 9.47 Å². The van der Waals surface area contributed by atoms with Gasteiger partial charge in [-0.15, -0.1) is 0 Å². The average molecular weight is 737 g/mol. The normalized spacial score (nSPS) is 25.9. The quantitative estimate of drug-likeness (QED) is 0.220. The molecule has 6 unspecified atom stereocenters. The number of piperazine rings is 1. The highest BCUT2D eigenvalue weighted by Crippen LogP contribution is 2.65. The van der Waals surface area contributed by atoms with Crippen molar-refractivity contribution in [1.29, 1.82) is 0 Å². The van der Waals surface area contributed by atoms with Gasteiger partial charge in [-0.25, -0.2) is 9.97 Å². The van der Waals surface area contributed by atoms with Gasteiger partial charge in [-0.2, -0.15) is 0 Å². The van der Waals surface area contributed by atoms with Crippen molar-refractivity contribution >= 4 is 29.4 Å². The number of aromatic nitrogens is 2. The summed E-state index contributed by atoms with van der Waals surface area (Å²) in [7, 11) is 0. The van der Waals surface area contributed by atoms with Crippen LogP contribution in [0.25, 0.3) is 0 Å². The van der Waals surface area contributed by atoms with Gasteiger partial charge in [0.25, 0.3) is 0 Å². The van der Waals surface area contributed by atoms with Gasteiger partial charge in [-0.05, 0) is 34.9 Å². The summed E-state index contributed by atoms with van der Waals surface area (Å²) in [4.78, 5) is 60.6. The molecule has 1 spiro atoms. The molecule has 0 radical (unpaired) electrons. The van der Waals surface area contributed by atoms with E-state index in [2.05, 4.69) is 20.2 Å². The van der Waals surface area contributed by atoms with Crippen LogP contribution < -0.4 is 15.0 Å². The lowest BCUT2D eigenvalue weighted by molar-refractivity contribution is -0.179. The van der Waals surface area contributed by atoms with Gasteiger partial charge in [0.2, 0.25) is 17.8 Å². The molecule has 4 aliphatic heterocycles. The van der Waals surface area contributed by atoms with E-state index in [-0.39, 0.29) is 25.0 Å². The molecular weight excluding hydrogens is 697 g/mol. The maximum Gasteiger partial charge on any atom is 0.324 e. The molecule has 4 aliphatic rings. The number of para-hydroxylation sites is 2. The third-order valence-electron chi connectivity index (χ3n) is 11.5. The number of esters is 1. The molecule has 12 nitrogen and oxygen atoms in total. The van der Waals surface area contributed by atoms with E-state index in [1.54, 1.807) is 29.4 Å². The van der Waals surface area contributed by atoms with Gasteiger partial charge in [0.15, 0.2) is 0 Å². The summed E-state index contributed by atoms with van der Waals surface area (Å²) in [6.45, 7) is 1.41. The van der Waals surface area contributed by atoms with Crippen molar-refractivity contribution in [3.8, 4) is 5.75 Å². The van der Waals surface area contributed by atoms with Gasteiger partial charge in [0.1, 0.15) is 29.9 Å². The SMILES string of the molecule is O=C1OC(c2ccccc2)C(c2ccccc2)N2C1C(C(=O)N1CCN(c3ncccn3)CC1)C1(C(=O)Nc3ccccc31)C2c1ccccc1OCCO. The van der Waals surface area contributed by atoms with E-state index < -0.39 is 41.5 Å². The second-order valence-electron chi connectivity index (χ2n) is 14.2. The maximum atomic E-state index is 15.6. The lowest BCUT2D eigenvalue weighted by atomic mass is 9.65. The first-order valence-electron chi connectivity index (χ1n) is 18.6. The maximum absolute atomic E-state index is 15.6. The highest BCUT2D eigenvalue weighted by Gasteiger charge is 2.74. The zero-order chi connectivity index (χ0) is 37.5. The molecule has 2 N–H and O–H groups in total. The number of aliphatic hydroxyl groups excluding tert-OH is 1. The van der Waals surface area contributed by atoms with Crippen molar-refractivity contribution in [3.63, 3.8) is 0 Å². The third kappa shape index (κ3) is 5.63. The van der Waals surface area contributed by atoms with Crippen molar-refractivity contribution in [2.45, 2.75) is 29.6 Å². The summed E-state index contributed by atoms with van der Waals surface area (Å²) < 4.78 is 12.7. The largest absolute Gasteiger partial charge is 0.491 e. The molecule has 55 heavy (non-hydrogen) atoms. The summed E-state index contributed by atoms with van der Waals surface area (Å²) in [6, 6.07) is 33.3. The Morgan fingerprint density at radius 2 is 1.45 bits per heavy atom. The van der Waals surface area contributed by atoms with Gasteiger partial charge in [-0.3, -0.25) is 19.3 Å². The summed E-state index contributed by atoms with van der Waals surface area (Å²) >= 11 is 0. The Kier molecular flexibility index (Phi) is 8.99. The highest BCUT2D eigenvalue weighted by molar-refractivity contribution is 6.12. The number of morpholine rings is 1. The van der Waals surface area contributed by atoms with Crippen molar-refractivity contribution in [3.05, 3.63) is 150 Å². The molecule has 5 aromatic rings. The number of cyclic esters (lactones) is 1. The number of fused-ring (bicyclic) bond motifs is 3. The van der Waals surface area contributed by atoms with Crippen LogP contribution in [0.15, 0.2) is 128 Å². The van der Waals surface area contributed by atoms with Crippen LogP contribution in [0.3, 0.4) is 0 Å². The molecule has 9 rings (SSSR count). The standard InChI is InChI=1S/C43H40N6O6/c50-26-27-54-33-19-10-7-16-30(33)38-43(31-17-8-9-18-32(31)46-41(43)53)34(39(51)47-22-24-48(25-23-47)42-44-20-11-21-45-42)36-40(52)55-37(29-14-5-2-6-15-29)35(49(36)38)28-12-3-1-4-13-28/h1-21,34-38,50H,22-27H2,(H,46,53). The van der Waals surface area contributed by atoms with Crippen LogP contribution in [-0.4, -0.2) is 88.1 Å². The Labute approximate surface area is 318 Å². The molecule has 0 saturated carbocycles. The fourth-order valence-electron chi connectivity index (χ4n) is 9.27. The molecule has 0 bridgehead atoms. The van der Waals surface area contributed by atoms with E-state index >= 15 is 14.4 Å². The first-order chi connectivity index (χ1) is 27.0. The van der Waals surface area contributed by atoms with E-state index in [1.807, 2.05) is 108 Å². The average Bonchev–Trinajstić information content (AvgIpc) is 3.72. The summed E-state index contributed by atoms with van der Waals surface area (Å²) in [5.74, 6) is -1.44. The third-order valence-corrected chi connectivity index (χ3v) is 11.5. The molecule has 5 heterocycles. The summed E-state index contributed by atoms with van der Waals surface area (Å²) in [5, 5.41) is 13.0. The highest BCUT2D eigenvalue weighted by atomic mass is 16.6. The molecule has 3 saturated heterocycles. The minimum atomic E-state index is -1.60. The summed E-state index contributed by atoms with van der Waals surface area (Å²) in [5.41, 5.74) is 1.87. The van der Waals surface area contributed by atoms with Crippen LogP contribution in [-0.2, 0) is 24.5 Å². The molecule has 12 heteroatoms. The van der Waals surface area contributed by atoms with Crippen LogP contribution in [0.4, 0.5) is 11.6 Å². The number of benzene rings is 4. The van der Waals surface area contributed by atoms with Crippen molar-refractivity contribution < 1.29 is 29.0 Å². The van der Waals surface area contributed by atoms with Gasteiger partial charge < -0.3 is 29.7 Å². The zero-order valence-corrected chi connectivity index (χ0v) is 30.0. The topological polar surface area (TPSA) is 137 Å². The van der Waals surface area contributed by atoms with Crippen molar-refractivity contribution in [1.82, 2.24) is 19.8 Å². The fourth-order valence-corrected chi connectivity index (χ4v) is 9.27. The predicted octanol–water partition coefficient (Wildman–Crippen LogP) is 4.47. The van der Waals surface area contributed by atoms with Crippen LogP contribution in [0.5, 0.6) is 5.75 Å². The monoisotopic (exact) mass is 736 g/mol.